The fraction of sp³-hybridized carbons (Fsp3) is 0.120. The van der Waals surface area contributed by atoms with E-state index in [1.54, 1.807) is 48.6 Å². The second-order valence-electron chi connectivity index (χ2n) is 8.41. The van der Waals surface area contributed by atoms with Gasteiger partial charge in [-0.05, 0) is 41.5 Å². The van der Waals surface area contributed by atoms with Crippen molar-refractivity contribution in [2.75, 3.05) is 17.9 Å². The molecule has 5 aromatic rings. The highest BCUT2D eigenvalue weighted by atomic mass is 32.2. The Kier molecular flexibility index (Phi) is 5.37. The van der Waals surface area contributed by atoms with Crippen molar-refractivity contribution in [3.63, 3.8) is 0 Å². The summed E-state index contributed by atoms with van der Waals surface area (Å²) >= 11 is 0. The third kappa shape index (κ3) is 4.16. The molecule has 1 aromatic carbocycles. The molecule has 0 saturated heterocycles. The van der Waals surface area contributed by atoms with Crippen LogP contribution in [0.15, 0.2) is 72.4 Å². The molecule has 5 heterocycles. The summed E-state index contributed by atoms with van der Waals surface area (Å²) in [6.45, 7) is 0.974. The van der Waals surface area contributed by atoms with Crippen molar-refractivity contribution in [2.24, 2.45) is 7.05 Å². The van der Waals surface area contributed by atoms with Gasteiger partial charge in [0.05, 0.1) is 18.1 Å². The number of anilines is 1. The number of nitrogens with one attached hydrogen (secondary N) is 2. The summed E-state index contributed by atoms with van der Waals surface area (Å²) in [4.78, 5) is 8.52. The minimum atomic E-state index is -4.09. The molecule has 0 amide bonds. The number of ether oxygens (including phenoxy) is 2. The molecule has 0 bridgehead atoms. The van der Waals surface area contributed by atoms with E-state index in [1.807, 2.05) is 24.3 Å². The number of pyridine rings is 2. The van der Waals surface area contributed by atoms with Crippen molar-refractivity contribution in [3.8, 4) is 33.8 Å². The van der Waals surface area contributed by atoms with E-state index >= 15 is 0 Å². The highest BCUT2D eigenvalue weighted by Crippen LogP contribution is 2.35. The molecule has 0 fully saturated rings. The second kappa shape index (κ2) is 8.75. The fourth-order valence-electron chi connectivity index (χ4n) is 4.15. The minimum Gasteiger partial charge on any atom is -0.486 e. The van der Waals surface area contributed by atoms with Crippen LogP contribution in [0.3, 0.4) is 0 Å². The SMILES string of the molecule is Cn1cc(-c2cnc(C=N)c(NS(=O)(=O)c3cnc4ccc(-c5ccc6c(c5)OCCO6)cn34)c2)cn1. The average molecular weight is 516 g/mol. The van der Waals surface area contributed by atoms with E-state index in [2.05, 4.69) is 19.8 Å². The summed E-state index contributed by atoms with van der Waals surface area (Å²) in [7, 11) is -2.31. The number of hydrogen-bond acceptors (Lipinski definition) is 8. The first-order chi connectivity index (χ1) is 17.9. The zero-order valence-electron chi connectivity index (χ0n) is 19.6. The molecule has 0 atom stereocenters. The fourth-order valence-corrected chi connectivity index (χ4v) is 5.30. The normalized spacial score (nSPS) is 13.0. The third-order valence-electron chi connectivity index (χ3n) is 5.96. The molecule has 11 nitrogen and oxygen atoms in total. The molecule has 12 heteroatoms. The first kappa shape index (κ1) is 22.7. The van der Waals surface area contributed by atoms with Crippen LogP contribution in [-0.2, 0) is 17.1 Å². The third-order valence-corrected chi connectivity index (χ3v) is 7.30. The molecule has 0 spiro atoms. The van der Waals surface area contributed by atoms with Gasteiger partial charge in [0, 0.05) is 43.0 Å². The zero-order valence-corrected chi connectivity index (χ0v) is 20.4. The molecule has 0 aliphatic carbocycles. The first-order valence-electron chi connectivity index (χ1n) is 11.3. The number of aromatic nitrogens is 5. The number of imidazole rings is 1. The van der Waals surface area contributed by atoms with Gasteiger partial charge >= 0.3 is 0 Å². The van der Waals surface area contributed by atoms with Crippen molar-refractivity contribution in [1.82, 2.24) is 24.1 Å². The van der Waals surface area contributed by atoms with Crippen LogP contribution in [0.4, 0.5) is 5.69 Å². The molecule has 1 aliphatic rings. The maximum atomic E-state index is 13.5. The lowest BCUT2D eigenvalue weighted by Crippen LogP contribution is -2.17. The lowest BCUT2D eigenvalue weighted by molar-refractivity contribution is 0.171. The Hall–Kier alpha value is -4.71. The smallest absolute Gasteiger partial charge is 0.279 e. The monoisotopic (exact) mass is 515 g/mol. The van der Waals surface area contributed by atoms with E-state index in [-0.39, 0.29) is 16.4 Å². The molecule has 4 aromatic heterocycles. The van der Waals surface area contributed by atoms with Crippen LogP contribution in [-0.4, -0.2) is 52.0 Å². The highest BCUT2D eigenvalue weighted by molar-refractivity contribution is 7.92. The first-order valence-corrected chi connectivity index (χ1v) is 12.8. The van der Waals surface area contributed by atoms with Gasteiger partial charge in [0.25, 0.3) is 10.0 Å². The molecular formula is C25H21N7O4S. The van der Waals surface area contributed by atoms with Crippen molar-refractivity contribution >= 4 is 27.6 Å². The summed E-state index contributed by atoms with van der Waals surface area (Å²) < 4.78 is 44.0. The van der Waals surface area contributed by atoms with Gasteiger partial charge in [0.15, 0.2) is 16.5 Å². The number of benzene rings is 1. The molecule has 37 heavy (non-hydrogen) atoms. The van der Waals surface area contributed by atoms with Crippen LogP contribution in [0.5, 0.6) is 11.5 Å². The maximum Gasteiger partial charge on any atom is 0.279 e. The van der Waals surface area contributed by atoms with Crippen LogP contribution in [0.25, 0.3) is 27.9 Å². The van der Waals surface area contributed by atoms with Crippen LogP contribution >= 0.6 is 0 Å². The Bertz CT molecular complexity index is 1780. The summed E-state index contributed by atoms with van der Waals surface area (Å²) in [5.41, 5.74) is 3.88. The number of nitrogens with zero attached hydrogens (tertiary/aromatic N) is 5. The number of rotatable bonds is 6. The molecule has 1 aliphatic heterocycles. The molecular weight excluding hydrogens is 494 g/mol. The molecule has 0 unspecified atom stereocenters. The summed E-state index contributed by atoms with van der Waals surface area (Å²) in [5.74, 6) is 1.32. The van der Waals surface area contributed by atoms with Crippen molar-refractivity contribution in [2.45, 2.75) is 5.03 Å². The molecule has 6 rings (SSSR count). The number of aryl methyl sites for hydroxylation is 1. The Morgan fingerprint density at radius 3 is 2.51 bits per heavy atom. The van der Waals surface area contributed by atoms with Gasteiger partial charge in [0.1, 0.15) is 24.6 Å². The van der Waals surface area contributed by atoms with Crippen molar-refractivity contribution in [3.05, 3.63) is 73.1 Å². The van der Waals surface area contributed by atoms with E-state index in [0.717, 1.165) is 22.9 Å². The highest BCUT2D eigenvalue weighted by Gasteiger charge is 2.22. The van der Waals surface area contributed by atoms with Gasteiger partial charge in [-0.25, -0.2) is 4.98 Å². The van der Waals surface area contributed by atoms with E-state index in [4.69, 9.17) is 14.9 Å². The maximum absolute atomic E-state index is 13.5. The number of fused-ring (bicyclic) bond motifs is 2. The predicted molar refractivity (Wildman–Crippen MR) is 137 cm³/mol. The standard InChI is InChI=1S/C25H21N7O4S/c1-31-14-19(12-29-31)18-8-20(21(10-26)27-11-18)30-37(33,34)25-13-28-24-5-3-17(15-32(24)25)16-2-4-22-23(9-16)36-7-6-35-22/h2-5,8-15,26,30H,6-7H2,1H3. The van der Waals surface area contributed by atoms with E-state index in [9.17, 15) is 8.42 Å². The topological polar surface area (TPSA) is 136 Å². The quantitative estimate of drug-likeness (QED) is 0.331. The molecule has 2 N–H and O–H groups in total. The van der Waals surface area contributed by atoms with Crippen LogP contribution in [0, 0.1) is 5.41 Å². The zero-order chi connectivity index (χ0) is 25.6. The van der Waals surface area contributed by atoms with Gasteiger partial charge in [0.2, 0.25) is 0 Å². The van der Waals surface area contributed by atoms with Crippen LogP contribution < -0.4 is 14.2 Å². The van der Waals surface area contributed by atoms with E-state index < -0.39 is 10.0 Å². The number of hydrogen-bond donors (Lipinski definition) is 2. The minimum absolute atomic E-state index is 0.0513. The largest absolute Gasteiger partial charge is 0.486 e. The predicted octanol–water partition coefficient (Wildman–Crippen LogP) is 3.37. The lowest BCUT2D eigenvalue weighted by Gasteiger charge is -2.19. The van der Waals surface area contributed by atoms with Gasteiger partial charge in [-0.3, -0.25) is 18.8 Å². The van der Waals surface area contributed by atoms with Crippen molar-refractivity contribution < 1.29 is 17.9 Å². The van der Waals surface area contributed by atoms with Crippen LogP contribution in [0.1, 0.15) is 5.69 Å². The summed E-state index contributed by atoms with van der Waals surface area (Å²) in [5, 5.41) is 11.8. The Labute approximate surface area is 211 Å². The van der Waals surface area contributed by atoms with E-state index in [1.165, 1.54) is 10.6 Å². The van der Waals surface area contributed by atoms with Gasteiger partial charge in [-0.2, -0.15) is 13.5 Å². The van der Waals surface area contributed by atoms with Gasteiger partial charge in [-0.1, -0.05) is 6.07 Å². The average Bonchev–Trinajstić information content (AvgIpc) is 3.54. The Morgan fingerprint density at radius 1 is 0.919 bits per heavy atom. The van der Waals surface area contributed by atoms with E-state index in [0.29, 0.717) is 35.9 Å². The molecule has 0 saturated carbocycles. The molecule has 186 valence electrons. The Morgan fingerprint density at radius 2 is 1.73 bits per heavy atom. The molecule has 0 radical (unpaired) electrons. The number of sulfonamides is 1. The van der Waals surface area contributed by atoms with Crippen LogP contribution in [0.2, 0.25) is 0 Å². The lowest BCUT2D eigenvalue weighted by atomic mass is 10.1. The van der Waals surface area contributed by atoms with Gasteiger partial charge < -0.3 is 14.9 Å². The van der Waals surface area contributed by atoms with Gasteiger partial charge in [-0.15, -0.1) is 0 Å². The second-order valence-corrected chi connectivity index (χ2v) is 10.0. The Balaban J connectivity index is 1.38. The summed E-state index contributed by atoms with van der Waals surface area (Å²) in [6.07, 6.45) is 9.03. The summed E-state index contributed by atoms with van der Waals surface area (Å²) in [6, 6.07) is 10.8. The van der Waals surface area contributed by atoms with Crippen molar-refractivity contribution in [1.29, 1.82) is 5.41 Å².